The summed E-state index contributed by atoms with van der Waals surface area (Å²) in [6, 6.07) is 36.3. The van der Waals surface area contributed by atoms with Gasteiger partial charge in [-0.3, -0.25) is 15.0 Å². The Morgan fingerprint density at radius 3 is 1.65 bits per heavy atom. The first-order valence-electron chi connectivity index (χ1n) is 13.3. The van der Waals surface area contributed by atoms with Crippen LogP contribution < -0.4 is 0 Å². The second-order valence-electron chi connectivity index (χ2n) is 10.0. The summed E-state index contributed by atoms with van der Waals surface area (Å²) in [4.78, 5) is 18.4. The molecular formula is C36H22N4. The Labute approximate surface area is 230 Å². The SMILES string of the molecule is c1cncc(-c2cc(-c3cccnc3)cc(-c3ccc4c(ccc5cc6c(ccc7ncccc76)cc54)n3)c2)c1. The van der Waals surface area contributed by atoms with Gasteiger partial charge in [0.1, 0.15) is 0 Å². The van der Waals surface area contributed by atoms with Crippen LogP contribution >= 0.6 is 0 Å². The summed E-state index contributed by atoms with van der Waals surface area (Å²) in [5.41, 5.74) is 8.30. The van der Waals surface area contributed by atoms with Crippen molar-refractivity contribution in [1.82, 2.24) is 19.9 Å². The monoisotopic (exact) mass is 510 g/mol. The Kier molecular flexibility index (Phi) is 5.10. The van der Waals surface area contributed by atoms with E-state index in [2.05, 4.69) is 99.9 Å². The molecular weight excluding hydrogens is 488 g/mol. The number of fused-ring (bicyclic) bond motifs is 6. The van der Waals surface area contributed by atoms with Crippen LogP contribution in [-0.2, 0) is 0 Å². The molecule has 4 aromatic heterocycles. The maximum atomic E-state index is 5.15. The third kappa shape index (κ3) is 3.77. The molecule has 4 aromatic carbocycles. The molecule has 0 aliphatic carbocycles. The topological polar surface area (TPSA) is 51.6 Å². The van der Waals surface area contributed by atoms with Gasteiger partial charge in [-0.25, -0.2) is 4.98 Å². The standard InChI is InChI=1S/C36H22N4/c1-4-25(21-37-13-1)27-16-28(26-5-2-14-38-22-26)18-29(17-27)34-12-9-31-33-20-23-7-10-35-30(6-3-15-39-35)32(23)19-24(33)8-11-36(31)40-34/h1-22H. The molecule has 4 nitrogen and oxygen atoms in total. The van der Waals surface area contributed by atoms with E-state index in [0.717, 1.165) is 49.9 Å². The number of rotatable bonds is 3. The number of hydrogen-bond donors (Lipinski definition) is 0. The molecule has 0 bridgehead atoms. The highest BCUT2D eigenvalue weighted by Gasteiger charge is 2.11. The molecule has 0 N–H and O–H groups in total. The lowest BCUT2D eigenvalue weighted by Crippen LogP contribution is -1.90. The van der Waals surface area contributed by atoms with Crippen LogP contribution in [0, 0.1) is 0 Å². The van der Waals surface area contributed by atoms with E-state index in [1.807, 2.05) is 36.8 Å². The minimum Gasteiger partial charge on any atom is -0.264 e. The average Bonchev–Trinajstić information content (AvgIpc) is 3.04. The summed E-state index contributed by atoms with van der Waals surface area (Å²) in [6.45, 7) is 0. The van der Waals surface area contributed by atoms with E-state index in [-0.39, 0.29) is 0 Å². The van der Waals surface area contributed by atoms with Gasteiger partial charge in [0, 0.05) is 58.4 Å². The van der Waals surface area contributed by atoms with Crippen molar-refractivity contribution >= 4 is 43.4 Å². The first-order chi connectivity index (χ1) is 19.8. The van der Waals surface area contributed by atoms with Crippen LogP contribution in [-0.4, -0.2) is 19.9 Å². The predicted molar refractivity (Wildman–Crippen MR) is 164 cm³/mol. The molecule has 0 saturated heterocycles. The molecule has 186 valence electrons. The molecule has 0 unspecified atom stereocenters. The van der Waals surface area contributed by atoms with E-state index in [0.29, 0.717) is 0 Å². The van der Waals surface area contributed by atoms with Gasteiger partial charge in [-0.1, -0.05) is 36.4 Å². The second-order valence-corrected chi connectivity index (χ2v) is 10.0. The molecule has 8 rings (SSSR count). The molecule has 0 atom stereocenters. The summed E-state index contributed by atoms with van der Waals surface area (Å²) in [5.74, 6) is 0. The van der Waals surface area contributed by atoms with Crippen LogP contribution in [0.15, 0.2) is 134 Å². The predicted octanol–water partition coefficient (Wildman–Crippen LogP) is 8.88. The summed E-state index contributed by atoms with van der Waals surface area (Å²) in [5, 5.41) is 7.14. The van der Waals surface area contributed by atoms with Gasteiger partial charge in [0.05, 0.1) is 16.7 Å². The number of pyridine rings is 4. The van der Waals surface area contributed by atoms with Crippen molar-refractivity contribution < 1.29 is 0 Å². The molecule has 0 saturated carbocycles. The Morgan fingerprint density at radius 1 is 0.400 bits per heavy atom. The third-order valence-corrected chi connectivity index (χ3v) is 7.63. The molecule has 4 heteroatoms. The number of nitrogens with zero attached hydrogens (tertiary/aromatic N) is 4. The number of hydrogen-bond acceptors (Lipinski definition) is 4. The maximum absolute atomic E-state index is 5.15. The van der Waals surface area contributed by atoms with Gasteiger partial charge < -0.3 is 0 Å². The zero-order valence-corrected chi connectivity index (χ0v) is 21.5. The van der Waals surface area contributed by atoms with Crippen molar-refractivity contribution in [2.45, 2.75) is 0 Å². The highest BCUT2D eigenvalue weighted by Crippen LogP contribution is 2.35. The molecule has 40 heavy (non-hydrogen) atoms. The van der Waals surface area contributed by atoms with Crippen molar-refractivity contribution in [2.24, 2.45) is 0 Å². The summed E-state index contributed by atoms with van der Waals surface area (Å²) in [7, 11) is 0. The first-order valence-corrected chi connectivity index (χ1v) is 13.3. The van der Waals surface area contributed by atoms with E-state index >= 15 is 0 Å². The Bertz CT molecular complexity index is 2150. The second kappa shape index (κ2) is 9.07. The lowest BCUT2D eigenvalue weighted by molar-refractivity contribution is 1.32. The summed E-state index contributed by atoms with van der Waals surface area (Å²) >= 11 is 0. The van der Waals surface area contributed by atoms with E-state index in [4.69, 9.17) is 4.98 Å². The molecule has 0 aliphatic heterocycles. The minimum atomic E-state index is 0.931. The molecule has 0 spiro atoms. The van der Waals surface area contributed by atoms with Crippen LogP contribution in [0.25, 0.3) is 76.9 Å². The largest absolute Gasteiger partial charge is 0.264 e. The fourth-order valence-corrected chi connectivity index (χ4v) is 5.66. The van der Waals surface area contributed by atoms with Gasteiger partial charge in [0.2, 0.25) is 0 Å². The molecule has 0 radical (unpaired) electrons. The minimum absolute atomic E-state index is 0.931. The first kappa shape index (κ1) is 22.5. The van der Waals surface area contributed by atoms with Gasteiger partial charge in [0.25, 0.3) is 0 Å². The van der Waals surface area contributed by atoms with Crippen molar-refractivity contribution in [3.8, 4) is 33.5 Å². The van der Waals surface area contributed by atoms with Gasteiger partial charge >= 0.3 is 0 Å². The Morgan fingerprint density at radius 2 is 1.00 bits per heavy atom. The molecule has 0 aliphatic rings. The summed E-state index contributed by atoms with van der Waals surface area (Å²) in [6.07, 6.45) is 9.24. The zero-order valence-electron chi connectivity index (χ0n) is 21.5. The normalized spacial score (nSPS) is 11.5. The summed E-state index contributed by atoms with van der Waals surface area (Å²) < 4.78 is 0. The van der Waals surface area contributed by atoms with Crippen LogP contribution in [0.5, 0.6) is 0 Å². The van der Waals surface area contributed by atoms with Crippen molar-refractivity contribution in [3.05, 3.63) is 134 Å². The lowest BCUT2D eigenvalue weighted by atomic mass is 9.95. The molecule has 0 amide bonds. The van der Waals surface area contributed by atoms with Gasteiger partial charge in [0.15, 0.2) is 0 Å². The van der Waals surface area contributed by atoms with Gasteiger partial charge in [-0.2, -0.15) is 0 Å². The number of benzene rings is 4. The molecule has 4 heterocycles. The lowest BCUT2D eigenvalue weighted by Gasteiger charge is -2.12. The van der Waals surface area contributed by atoms with Gasteiger partial charge in [-0.05, 0) is 99.4 Å². The number of aromatic nitrogens is 4. The van der Waals surface area contributed by atoms with Crippen LogP contribution in [0.4, 0.5) is 0 Å². The highest BCUT2D eigenvalue weighted by molar-refractivity contribution is 6.16. The van der Waals surface area contributed by atoms with Crippen LogP contribution in [0.2, 0.25) is 0 Å². The van der Waals surface area contributed by atoms with E-state index in [1.54, 1.807) is 12.4 Å². The van der Waals surface area contributed by atoms with E-state index in [1.165, 1.54) is 26.9 Å². The van der Waals surface area contributed by atoms with E-state index < -0.39 is 0 Å². The van der Waals surface area contributed by atoms with Crippen molar-refractivity contribution in [1.29, 1.82) is 0 Å². The van der Waals surface area contributed by atoms with Gasteiger partial charge in [-0.15, -0.1) is 0 Å². The van der Waals surface area contributed by atoms with Crippen LogP contribution in [0.3, 0.4) is 0 Å². The van der Waals surface area contributed by atoms with Crippen molar-refractivity contribution in [3.63, 3.8) is 0 Å². The van der Waals surface area contributed by atoms with E-state index in [9.17, 15) is 0 Å². The fourth-order valence-electron chi connectivity index (χ4n) is 5.66. The molecule has 0 fully saturated rings. The fraction of sp³-hybridized carbons (Fsp3) is 0. The maximum Gasteiger partial charge on any atom is 0.0715 e. The van der Waals surface area contributed by atoms with Crippen LogP contribution in [0.1, 0.15) is 0 Å². The Hall–Kier alpha value is -5.48. The highest BCUT2D eigenvalue weighted by atomic mass is 14.7. The zero-order chi connectivity index (χ0) is 26.5. The quantitative estimate of drug-likeness (QED) is 0.176. The Balaban J connectivity index is 1.31. The average molecular weight is 511 g/mol. The molecule has 8 aromatic rings. The van der Waals surface area contributed by atoms with Crippen molar-refractivity contribution in [2.75, 3.05) is 0 Å². The third-order valence-electron chi connectivity index (χ3n) is 7.63. The smallest absolute Gasteiger partial charge is 0.0715 e.